The number of sulfonamides is 1. The molecule has 1 aliphatic heterocycles. The molecule has 2 aliphatic rings. The SMILES string of the molecule is O=S(=O)(NCC1CCN(C2CCCC2)CC1)c1ccccc1Cl. The highest BCUT2D eigenvalue weighted by Gasteiger charge is 2.28. The molecule has 0 unspecified atom stereocenters. The summed E-state index contributed by atoms with van der Waals surface area (Å²) >= 11 is 6.00. The van der Waals surface area contributed by atoms with Crippen LogP contribution in [0.5, 0.6) is 0 Å². The van der Waals surface area contributed by atoms with E-state index in [0.717, 1.165) is 32.0 Å². The Morgan fingerprint density at radius 2 is 1.74 bits per heavy atom. The molecule has 128 valence electrons. The zero-order chi connectivity index (χ0) is 16.3. The minimum absolute atomic E-state index is 0.171. The molecule has 23 heavy (non-hydrogen) atoms. The summed E-state index contributed by atoms with van der Waals surface area (Å²) in [6, 6.07) is 7.36. The quantitative estimate of drug-likeness (QED) is 0.880. The van der Waals surface area contributed by atoms with Crippen LogP contribution in [-0.4, -0.2) is 39.0 Å². The number of hydrogen-bond acceptors (Lipinski definition) is 3. The summed E-state index contributed by atoms with van der Waals surface area (Å²) in [5, 5.41) is 0.274. The molecule has 1 saturated heterocycles. The van der Waals surface area contributed by atoms with Gasteiger partial charge in [-0.25, -0.2) is 13.1 Å². The van der Waals surface area contributed by atoms with Gasteiger partial charge in [0, 0.05) is 12.6 Å². The second-order valence-corrected chi connectivity index (χ2v) is 8.84. The molecule has 3 rings (SSSR count). The molecule has 0 atom stereocenters. The van der Waals surface area contributed by atoms with E-state index >= 15 is 0 Å². The smallest absolute Gasteiger partial charge is 0.242 e. The number of halogens is 1. The molecule has 2 fully saturated rings. The highest BCUT2D eigenvalue weighted by atomic mass is 35.5. The van der Waals surface area contributed by atoms with Crippen molar-refractivity contribution < 1.29 is 8.42 Å². The first-order valence-corrected chi connectivity index (χ1v) is 10.4. The predicted molar refractivity (Wildman–Crippen MR) is 93.2 cm³/mol. The summed E-state index contributed by atoms with van der Waals surface area (Å²) in [6.07, 6.45) is 7.54. The van der Waals surface area contributed by atoms with Crippen LogP contribution in [-0.2, 0) is 10.0 Å². The van der Waals surface area contributed by atoms with Crippen LogP contribution >= 0.6 is 11.6 Å². The third-order valence-electron chi connectivity index (χ3n) is 5.18. The van der Waals surface area contributed by atoms with E-state index < -0.39 is 10.0 Å². The molecular weight excluding hydrogens is 332 g/mol. The monoisotopic (exact) mass is 356 g/mol. The molecule has 4 nitrogen and oxygen atoms in total. The lowest BCUT2D eigenvalue weighted by Crippen LogP contribution is -2.42. The first-order valence-electron chi connectivity index (χ1n) is 8.54. The molecule has 1 aromatic carbocycles. The number of benzene rings is 1. The van der Waals surface area contributed by atoms with Gasteiger partial charge in [0.05, 0.1) is 5.02 Å². The number of nitrogens with zero attached hydrogens (tertiary/aromatic N) is 1. The van der Waals surface area contributed by atoms with Gasteiger partial charge >= 0.3 is 0 Å². The van der Waals surface area contributed by atoms with Gasteiger partial charge in [0.1, 0.15) is 4.90 Å². The standard InChI is InChI=1S/C17H25ClN2O2S/c18-16-7-3-4-8-17(16)23(21,22)19-13-14-9-11-20(12-10-14)15-5-1-2-6-15/h3-4,7-8,14-15,19H,1-2,5-6,9-13H2. The zero-order valence-electron chi connectivity index (χ0n) is 13.4. The Labute approximate surface area is 144 Å². The molecule has 6 heteroatoms. The molecular formula is C17H25ClN2O2S. The molecule has 1 aromatic rings. The van der Waals surface area contributed by atoms with E-state index in [-0.39, 0.29) is 9.92 Å². The number of hydrogen-bond donors (Lipinski definition) is 1. The van der Waals surface area contributed by atoms with Crippen molar-refractivity contribution in [2.75, 3.05) is 19.6 Å². The van der Waals surface area contributed by atoms with Gasteiger partial charge in [-0.15, -0.1) is 0 Å². The average Bonchev–Trinajstić information content (AvgIpc) is 3.08. The van der Waals surface area contributed by atoms with Gasteiger partial charge < -0.3 is 4.90 Å². The van der Waals surface area contributed by atoms with Gasteiger partial charge in [0.15, 0.2) is 0 Å². The van der Waals surface area contributed by atoms with Crippen molar-refractivity contribution in [2.24, 2.45) is 5.92 Å². The minimum Gasteiger partial charge on any atom is -0.300 e. The molecule has 0 aromatic heterocycles. The molecule has 0 amide bonds. The predicted octanol–water partition coefficient (Wildman–Crippen LogP) is 3.27. The third kappa shape index (κ3) is 4.27. The molecule has 0 radical (unpaired) electrons. The lowest BCUT2D eigenvalue weighted by atomic mass is 9.96. The van der Waals surface area contributed by atoms with Crippen LogP contribution in [0.4, 0.5) is 0 Å². The van der Waals surface area contributed by atoms with Gasteiger partial charge in [-0.05, 0) is 56.8 Å². The molecule has 0 bridgehead atoms. The zero-order valence-corrected chi connectivity index (χ0v) is 15.0. The largest absolute Gasteiger partial charge is 0.300 e. The van der Waals surface area contributed by atoms with Crippen molar-refractivity contribution in [2.45, 2.75) is 49.5 Å². The topological polar surface area (TPSA) is 49.4 Å². The lowest BCUT2D eigenvalue weighted by molar-refractivity contribution is 0.135. The van der Waals surface area contributed by atoms with Crippen molar-refractivity contribution >= 4 is 21.6 Å². The van der Waals surface area contributed by atoms with E-state index in [1.54, 1.807) is 24.3 Å². The maximum Gasteiger partial charge on any atom is 0.242 e. The Hall–Kier alpha value is -0.620. The van der Waals surface area contributed by atoms with Gasteiger partial charge in [0.25, 0.3) is 0 Å². The fourth-order valence-electron chi connectivity index (χ4n) is 3.76. The Morgan fingerprint density at radius 3 is 2.39 bits per heavy atom. The van der Waals surface area contributed by atoms with E-state index in [2.05, 4.69) is 9.62 Å². The van der Waals surface area contributed by atoms with Crippen LogP contribution in [0.15, 0.2) is 29.2 Å². The maximum atomic E-state index is 12.4. The second kappa shape index (κ2) is 7.51. The van der Waals surface area contributed by atoms with Crippen LogP contribution in [0, 0.1) is 5.92 Å². The van der Waals surface area contributed by atoms with E-state index in [0.29, 0.717) is 12.5 Å². The third-order valence-corrected chi connectivity index (χ3v) is 7.10. The summed E-state index contributed by atoms with van der Waals surface area (Å²) in [5.41, 5.74) is 0. The van der Waals surface area contributed by atoms with Gasteiger partial charge in [-0.3, -0.25) is 0 Å². The first-order chi connectivity index (χ1) is 11.1. The second-order valence-electron chi connectivity index (χ2n) is 6.70. The lowest BCUT2D eigenvalue weighted by Gasteiger charge is -2.36. The number of likely N-dealkylation sites (tertiary alicyclic amines) is 1. The Bertz CT molecular complexity index is 621. The Balaban J connectivity index is 1.50. The summed E-state index contributed by atoms with van der Waals surface area (Å²) in [7, 11) is -3.52. The van der Waals surface area contributed by atoms with E-state index in [1.807, 2.05) is 0 Å². The van der Waals surface area contributed by atoms with Gasteiger partial charge in [-0.1, -0.05) is 36.6 Å². The minimum atomic E-state index is -3.52. The number of rotatable bonds is 5. The molecule has 0 spiro atoms. The number of nitrogens with one attached hydrogen (secondary N) is 1. The Morgan fingerprint density at radius 1 is 1.09 bits per heavy atom. The van der Waals surface area contributed by atoms with Crippen LogP contribution in [0.25, 0.3) is 0 Å². The van der Waals surface area contributed by atoms with Crippen molar-refractivity contribution in [3.05, 3.63) is 29.3 Å². The maximum absolute atomic E-state index is 12.4. The fraction of sp³-hybridized carbons (Fsp3) is 0.647. The highest BCUT2D eigenvalue weighted by Crippen LogP contribution is 2.28. The Kier molecular flexibility index (Phi) is 5.62. The normalized spacial score (nSPS) is 21.8. The summed E-state index contributed by atoms with van der Waals surface area (Å²) in [5.74, 6) is 0.421. The highest BCUT2D eigenvalue weighted by molar-refractivity contribution is 7.89. The summed E-state index contributed by atoms with van der Waals surface area (Å²) in [4.78, 5) is 2.77. The molecule has 1 N–H and O–H groups in total. The van der Waals surface area contributed by atoms with E-state index in [4.69, 9.17) is 11.6 Å². The van der Waals surface area contributed by atoms with Crippen LogP contribution in [0.1, 0.15) is 38.5 Å². The average molecular weight is 357 g/mol. The molecule has 1 saturated carbocycles. The summed E-state index contributed by atoms with van der Waals surface area (Å²) in [6.45, 7) is 2.71. The molecule has 1 aliphatic carbocycles. The van der Waals surface area contributed by atoms with E-state index in [1.165, 1.54) is 25.7 Å². The van der Waals surface area contributed by atoms with Crippen LogP contribution < -0.4 is 4.72 Å². The van der Waals surface area contributed by atoms with E-state index in [9.17, 15) is 8.42 Å². The van der Waals surface area contributed by atoms with Gasteiger partial charge in [-0.2, -0.15) is 0 Å². The summed E-state index contributed by atoms with van der Waals surface area (Å²) < 4.78 is 27.5. The van der Waals surface area contributed by atoms with Gasteiger partial charge in [0.2, 0.25) is 10.0 Å². The van der Waals surface area contributed by atoms with Crippen molar-refractivity contribution in [1.82, 2.24) is 9.62 Å². The first kappa shape index (κ1) is 17.2. The van der Waals surface area contributed by atoms with Crippen molar-refractivity contribution in [3.63, 3.8) is 0 Å². The molecule has 1 heterocycles. The van der Waals surface area contributed by atoms with Crippen LogP contribution in [0.3, 0.4) is 0 Å². The van der Waals surface area contributed by atoms with Crippen molar-refractivity contribution in [3.8, 4) is 0 Å². The van der Waals surface area contributed by atoms with Crippen LogP contribution in [0.2, 0.25) is 5.02 Å². The number of piperidine rings is 1. The fourth-order valence-corrected chi connectivity index (χ4v) is 5.39. The van der Waals surface area contributed by atoms with Crippen molar-refractivity contribution in [1.29, 1.82) is 0 Å².